The zero-order chi connectivity index (χ0) is 29.8. The van der Waals surface area contributed by atoms with Crippen LogP contribution in [-0.2, 0) is 19.4 Å². The van der Waals surface area contributed by atoms with Crippen molar-refractivity contribution in [3.8, 4) is 0 Å². The van der Waals surface area contributed by atoms with Gasteiger partial charge in [-0.3, -0.25) is 19.2 Å². The molecule has 2 atom stereocenters. The highest BCUT2D eigenvalue weighted by Crippen LogP contribution is 2.24. The molecule has 40 heavy (non-hydrogen) atoms. The molecule has 1 fully saturated rings. The second-order valence-corrected chi connectivity index (χ2v) is 14.1. The maximum Gasteiger partial charge on any atom is 0.264 e. The first-order chi connectivity index (χ1) is 18.7. The van der Waals surface area contributed by atoms with Crippen molar-refractivity contribution in [1.29, 1.82) is 0 Å². The van der Waals surface area contributed by atoms with Gasteiger partial charge in [-0.05, 0) is 62.1 Å². The standard InChI is InChI=1S/C28H38N4O6S2/c1-18(2)16-22(29-26(34)20-8-10-21(11-9-20)30(4)5)27(35)32-15-7-14-31(17-23(33)19(32)3)28(36)24-12-13-25(39-24)40(6,37)38/h8-13,18-19,22H,7,14-17H2,1-6H3,(H,29,34)/t19?,22-/m0/s1. The third-order valence-electron chi connectivity index (χ3n) is 6.79. The van der Waals surface area contributed by atoms with E-state index in [1.807, 2.05) is 45.0 Å². The molecule has 0 spiro atoms. The van der Waals surface area contributed by atoms with Crippen LogP contribution in [0.1, 0.15) is 53.6 Å². The van der Waals surface area contributed by atoms with E-state index in [0.717, 1.165) is 23.3 Å². The van der Waals surface area contributed by atoms with E-state index < -0.39 is 27.8 Å². The highest BCUT2D eigenvalue weighted by Gasteiger charge is 2.35. The Kier molecular flexibility index (Phi) is 10.1. The number of nitrogens with one attached hydrogen (secondary N) is 1. The molecule has 1 saturated heterocycles. The summed E-state index contributed by atoms with van der Waals surface area (Å²) in [6.07, 6.45) is 1.91. The molecular formula is C28H38N4O6S2. The number of Topliss-reactive ketones (excluding diaryl/α,β-unsaturated/α-hetero) is 1. The molecule has 1 aromatic heterocycles. The topological polar surface area (TPSA) is 124 Å². The van der Waals surface area contributed by atoms with Crippen molar-refractivity contribution < 1.29 is 27.6 Å². The van der Waals surface area contributed by atoms with Gasteiger partial charge < -0.3 is 20.0 Å². The Hall–Kier alpha value is -3.25. The van der Waals surface area contributed by atoms with Gasteiger partial charge in [0.25, 0.3) is 11.8 Å². The Morgan fingerprint density at radius 3 is 2.27 bits per heavy atom. The predicted molar refractivity (Wildman–Crippen MR) is 156 cm³/mol. The Labute approximate surface area is 240 Å². The van der Waals surface area contributed by atoms with Gasteiger partial charge in [0.05, 0.1) is 17.5 Å². The van der Waals surface area contributed by atoms with E-state index in [1.54, 1.807) is 19.1 Å². The summed E-state index contributed by atoms with van der Waals surface area (Å²) in [5, 5.41) is 2.88. The van der Waals surface area contributed by atoms with Crippen LogP contribution in [-0.4, -0.2) is 93.8 Å². The summed E-state index contributed by atoms with van der Waals surface area (Å²) in [6, 6.07) is 8.32. The molecular weight excluding hydrogens is 552 g/mol. The molecule has 1 N–H and O–H groups in total. The fourth-order valence-electron chi connectivity index (χ4n) is 4.51. The summed E-state index contributed by atoms with van der Waals surface area (Å²) in [5.41, 5.74) is 1.38. The van der Waals surface area contributed by atoms with Crippen LogP contribution in [0.2, 0.25) is 0 Å². The largest absolute Gasteiger partial charge is 0.378 e. The van der Waals surface area contributed by atoms with Crippen LogP contribution in [0, 0.1) is 5.92 Å². The van der Waals surface area contributed by atoms with Crippen LogP contribution in [0.25, 0.3) is 0 Å². The van der Waals surface area contributed by atoms with Crippen LogP contribution in [0.15, 0.2) is 40.6 Å². The molecule has 2 aromatic rings. The lowest BCUT2D eigenvalue weighted by molar-refractivity contribution is -0.142. The van der Waals surface area contributed by atoms with E-state index in [4.69, 9.17) is 0 Å². The summed E-state index contributed by atoms with van der Waals surface area (Å²) in [7, 11) is 0.375. The average molecular weight is 591 g/mol. The number of hydrogen-bond acceptors (Lipinski definition) is 8. The van der Waals surface area contributed by atoms with Gasteiger partial charge in [-0.1, -0.05) is 13.8 Å². The molecule has 0 bridgehead atoms. The van der Waals surface area contributed by atoms with Crippen LogP contribution in [0.4, 0.5) is 5.69 Å². The number of hydrogen-bond donors (Lipinski definition) is 1. The van der Waals surface area contributed by atoms with Crippen LogP contribution in [0.5, 0.6) is 0 Å². The van der Waals surface area contributed by atoms with Gasteiger partial charge in [0.2, 0.25) is 5.91 Å². The number of rotatable bonds is 8. The highest BCUT2D eigenvalue weighted by atomic mass is 32.2. The summed E-state index contributed by atoms with van der Waals surface area (Å²) >= 11 is 0.879. The molecule has 0 saturated carbocycles. The Bertz CT molecular complexity index is 1350. The lowest BCUT2D eigenvalue weighted by Crippen LogP contribution is -2.56. The lowest BCUT2D eigenvalue weighted by Gasteiger charge is -2.36. The van der Waals surface area contributed by atoms with Crippen molar-refractivity contribution in [3.63, 3.8) is 0 Å². The molecule has 3 amide bonds. The first-order valence-corrected chi connectivity index (χ1v) is 15.9. The zero-order valence-corrected chi connectivity index (χ0v) is 25.5. The molecule has 218 valence electrons. The summed E-state index contributed by atoms with van der Waals surface area (Å²) < 4.78 is 23.7. The maximum atomic E-state index is 13.7. The number of anilines is 1. The fraction of sp³-hybridized carbons (Fsp3) is 0.500. The SMILES string of the molecule is CC(C)C[C@H](NC(=O)c1ccc(N(C)C)cc1)C(=O)N1CCCN(C(=O)c2ccc(S(C)(=O)=O)s2)CC(=O)C1C. The van der Waals surface area contributed by atoms with Crippen molar-refractivity contribution >= 4 is 50.4 Å². The number of ketones is 1. The highest BCUT2D eigenvalue weighted by molar-refractivity contribution is 7.92. The first kappa shape index (κ1) is 31.3. The third-order valence-corrected chi connectivity index (χ3v) is 9.68. The van der Waals surface area contributed by atoms with Crippen LogP contribution >= 0.6 is 11.3 Å². The quantitative estimate of drug-likeness (QED) is 0.501. The molecule has 0 aliphatic carbocycles. The van der Waals surface area contributed by atoms with Gasteiger partial charge in [0.15, 0.2) is 15.6 Å². The molecule has 10 nitrogen and oxygen atoms in total. The average Bonchev–Trinajstić information content (AvgIpc) is 3.39. The van der Waals surface area contributed by atoms with Crippen molar-refractivity contribution in [2.24, 2.45) is 5.92 Å². The number of carbonyl (C=O) groups excluding carboxylic acids is 4. The lowest BCUT2D eigenvalue weighted by atomic mass is 10.00. The van der Waals surface area contributed by atoms with E-state index in [2.05, 4.69) is 5.32 Å². The number of carbonyl (C=O) groups is 4. The molecule has 0 radical (unpaired) electrons. The molecule has 1 aliphatic rings. The normalized spacial score (nSPS) is 17.3. The third kappa shape index (κ3) is 7.69. The van der Waals surface area contributed by atoms with Gasteiger partial charge in [0, 0.05) is 44.7 Å². The number of thiophene rings is 1. The number of benzene rings is 1. The Morgan fingerprint density at radius 1 is 1.07 bits per heavy atom. The monoisotopic (exact) mass is 590 g/mol. The van der Waals surface area contributed by atoms with Crippen molar-refractivity contribution in [2.75, 3.05) is 44.9 Å². The molecule has 2 heterocycles. The van der Waals surface area contributed by atoms with Gasteiger partial charge in [0.1, 0.15) is 10.3 Å². The minimum absolute atomic E-state index is 0.0891. The van der Waals surface area contributed by atoms with Crippen LogP contribution in [0.3, 0.4) is 0 Å². The minimum atomic E-state index is -3.44. The summed E-state index contributed by atoms with van der Waals surface area (Å²) in [6.45, 7) is 5.82. The summed E-state index contributed by atoms with van der Waals surface area (Å²) in [5.74, 6) is -1.30. The minimum Gasteiger partial charge on any atom is -0.378 e. The maximum absolute atomic E-state index is 13.7. The number of nitrogens with zero attached hydrogens (tertiary/aromatic N) is 3. The molecule has 1 aromatic carbocycles. The second-order valence-electron chi connectivity index (χ2n) is 10.7. The Balaban J connectivity index is 1.73. The van der Waals surface area contributed by atoms with E-state index >= 15 is 0 Å². The molecule has 12 heteroatoms. The Morgan fingerprint density at radius 2 is 1.73 bits per heavy atom. The zero-order valence-electron chi connectivity index (χ0n) is 23.8. The van der Waals surface area contributed by atoms with Gasteiger partial charge in [-0.25, -0.2) is 8.42 Å². The number of amides is 3. The van der Waals surface area contributed by atoms with E-state index in [1.165, 1.54) is 21.9 Å². The number of sulfone groups is 1. The van der Waals surface area contributed by atoms with Gasteiger partial charge in [-0.2, -0.15) is 0 Å². The van der Waals surface area contributed by atoms with Crippen LogP contribution < -0.4 is 10.2 Å². The van der Waals surface area contributed by atoms with E-state index in [9.17, 15) is 27.6 Å². The molecule has 1 aliphatic heterocycles. The smallest absolute Gasteiger partial charge is 0.264 e. The fourth-order valence-corrected chi connectivity index (χ4v) is 6.40. The predicted octanol–water partition coefficient (Wildman–Crippen LogP) is 2.69. The van der Waals surface area contributed by atoms with Gasteiger partial charge >= 0.3 is 0 Å². The van der Waals surface area contributed by atoms with Gasteiger partial charge in [-0.15, -0.1) is 11.3 Å². The molecule has 3 rings (SSSR count). The second kappa shape index (κ2) is 12.9. The molecule has 1 unspecified atom stereocenters. The van der Waals surface area contributed by atoms with Crippen molar-refractivity contribution in [1.82, 2.24) is 15.1 Å². The first-order valence-electron chi connectivity index (χ1n) is 13.2. The summed E-state index contributed by atoms with van der Waals surface area (Å²) in [4.78, 5) is 58.1. The van der Waals surface area contributed by atoms with E-state index in [0.29, 0.717) is 18.4 Å². The van der Waals surface area contributed by atoms with E-state index in [-0.39, 0.29) is 52.2 Å². The van der Waals surface area contributed by atoms with Crippen molar-refractivity contribution in [3.05, 3.63) is 46.8 Å². The van der Waals surface area contributed by atoms with Crippen molar-refractivity contribution in [2.45, 2.75) is 49.9 Å².